The minimum absolute atomic E-state index is 0.123. The molecule has 2 unspecified atom stereocenters. The van der Waals surface area contributed by atoms with E-state index in [1.165, 1.54) is 12.5 Å². The fourth-order valence-electron chi connectivity index (χ4n) is 0.962. The molecule has 0 aromatic carbocycles. The monoisotopic (exact) mass is 246 g/mol. The zero-order valence-corrected chi connectivity index (χ0v) is 10.4. The highest BCUT2D eigenvalue weighted by molar-refractivity contribution is 4.67. The average molecular weight is 246 g/mol. The van der Waals surface area contributed by atoms with Crippen molar-refractivity contribution in [2.75, 3.05) is 26.4 Å². The summed E-state index contributed by atoms with van der Waals surface area (Å²) in [5, 5.41) is 18.8. The Morgan fingerprint density at radius 2 is 1.24 bits per heavy atom. The summed E-state index contributed by atoms with van der Waals surface area (Å²) in [6.45, 7) is 4.25. The number of hydrogen-bond donors (Lipinski definition) is 2. The van der Waals surface area contributed by atoms with E-state index < -0.39 is 12.2 Å². The van der Waals surface area contributed by atoms with Gasteiger partial charge in [0, 0.05) is 0 Å². The van der Waals surface area contributed by atoms with E-state index in [1.54, 1.807) is 12.2 Å². The third-order valence-electron chi connectivity index (χ3n) is 1.66. The van der Waals surface area contributed by atoms with Crippen LogP contribution < -0.4 is 0 Å². The van der Waals surface area contributed by atoms with E-state index in [9.17, 15) is 10.2 Å². The van der Waals surface area contributed by atoms with Crippen molar-refractivity contribution in [2.24, 2.45) is 0 Å². The molecule has 0 heterocycles. The van der Waals surface area contributed by atoms with Crippen LogP contribution in [0.25, 0.3) is 0 Å². The second kappa shape index (κ2) is 11.4. The third kappa shape index (κ3) is 11.2. The van der Waals surface area contributed by atoms with Gasteiger partial charge in [0.15, 0.2) is 0 Å². The molecule has 2 N–H and O–H groups in total. The Bertz CT molecular complexity index is 193. The molecule has 17 heavy (non-hydrogen) atoms. The van der Waals surface area contributed by atoms with Gasteiger partial charge < -0.3 is 24.4 Å². The molecule has 0 bridgehead atoms. The van der Waals surface area contributed by atoms with Gasteiger partial charge >= 0.3 is 0 Å². The topological polar surface area (TPSA) is 68.2 Å². The first-order valence-electron chi connectivity index (χ1n) is 5.60. The molecule has 0 spiro atoms. The Morgan fingerprint density at radius 3 is 1.59 bits per heavy atom. The Kier molecular flexibility index (Phi) is 10.7. The summed E-state index contributed by atoms with van der Waals surface area (Å²) in [6.07, 6.45) is 5.07. The molecule has 0 aliphatic rings. The summed E-state index contributed by atoms with van der Waals surface area (Å²) in [7, 11) is 0. The zero-order valence-electron chi connectivity index (χ0n) is 10.4. The third-order valence-corrected chi connectivity index (χ3v) is 1.66. The first-order chi connectivity index (χ1) is 8.20. The van der Waals surface area contributed by atoms with Crippen molar-refractivity contribution in [3.05, 3.63) is 24.7 Å². The highest BCUT2D eigenvalue weighted by Gasteiger charge is 2.07. The molecular formula is C12H22O5. The van der Waals surface area contributed by atoms with Crippen LogP contribution in [0.15, 0.2) is 24.7 Å². The van der Waals surface area contributed by atoms with Crippen molar-refractivity contribution < 1.29 is 24.4 Å². The van der Waals surface area contributed by atoms with E-state index in [0.29, 0.717) is 0 Å². The number of hydrogen-bond acceptors (Lipinski definition) is 5. The number of rotatable bonds is 10. The predicted octanol–water partition coefficient (Wildman–Crippen LogP) is 0.825. The fourth-order valence-corrected chi connectivity index (χ4v) is 0.962. The van der Waals surface area contributed by atoms with E-state index in [1.807, 2.05) is 13.8 Å². The predicted molar refractivity (Wildman–Crippen MR) is 64.4 cm³/mol. The van der Waals surface area contributed by atoms with Crippen molar-refractivity contribution in [3.8, 4) is 0 Å². The number of aliphatic hydroxyl groups is 2. The molecule has 2 atom stereocenters. The van der Waals surface area contributed by atoms with Crippen molar-refractivity contribution in [2.45, 2.75) is 26.1 Å². The number of aliphatic hydroxyl groups excluding tert-OH is 2. The van der Waals surface area contributed by atoms with Crippen LogP contribution >= 0.6 is 0 Å². The quantitative estimate of drug-likeness (QED) is 0.559. The van der Waals surface area contributed by atoms with E-state index in [4.69, 9.17) is 14.2 Å². The van der Waals surface area contributed by atoms with Crippen LogP contribution in [0, 0.1) is 0 Å². The lowest BCUT2D eigenvalue weighted by Crippen LogP contribution is -2.26. The van der Waals surface area contributed by atoms with Gasteiger partial charge in [-0.3, -0.25) is 0 Å². The van der Waals surface area contributed by atoms with Gasteiger partial charge in [-0.15, -0.1) is 0 Å². The maximum atomic E-state index is 9.39. The van der Waals surface area contributed by atoms with E-state index >= 15 is 0 Å². The van der Waals surface area contributed by atoms with E-state index in [2.05, 4.69) is 0 Å². The second-order valence-corrected chi connectivity index (χ2v) is 3.45. The zero-order chi connectivity index (χ0) is 12.9. The molecule has 0 aromatic rings. The summed E-state index contributed by atoms with van der Waals surface area (Å²) in [4.78, 5) is 0. The fraction of sp³-hybridized carbons (Fsp3) is 0.667. The lowest BCUT2D eigenvalue weighted by atomic mass is 10.4. The Labute approximate surface area is 102 Å². The lowest BCUT2D eigenvalue weighted by molar-refractivity contribution is -0.0394. The molecule has 100 valence electrons. The van der Waals surface area contributed by atoms with Crippen molar-refractivity contribution in [3.63, 3.8) is 0 Å². The van der Waals surface area contributed by atoms with Crippen LogP contribution in [-0.2, 0) is 14.2 Å². The highest BCUT2D eigenvalue weighted by atomic mass is 16.5. The summed E-state index contributed by atoms with van der Waals surface area (Å²) >= 11 is 0. The SMILES string of the molecule is CC=COCC(O)COCC(O)COC=CC. The minimum atomic E-state index is -0.699. The van der Waals surface area contributed by atoms with Gasteiger partial charge in [-0.1, -0.05) is 12.2 Å². The van der Waals surface area contributed by atoms with Crippen LogP contribution in [-0.4, -0.2) is 48.8 Å². The molecule has 0 aromatic heterocycles. The molecule has 0 amide bonds. The van der Waals surface area contributed by atoms with Gasteiger partial charge in [0.25, 0.3) is 0 Å². The standard InChI is InChI=1S/C12H22O5/c1-3-5-15-7-11(13)9-17-10-12(14)8-16-6-4-2/h3-6,11-14H,7-10H2,1-2H3. The van der Waals surface area contributed by atoms with Gasteiger partial charge in [-0.2, -0.15) is 0 Å². The van der Waals surface area contributed by atoms with Crippen LogP contribution in [0.2, 0.25) is 0 Å². The minimum Gasteiger partial charge on any atom is -0.499 e. The molecular weight excluding hydrogens is 224 g/mol. The van der Waals surface area contributed by atoms with Crippen LogP contribution in [0.5, 0.6) is 0 Å². The maximum Gasteiger partial charge on any atom is 0.115 e. The van der Waals surface area contributed by atoms with E-state index in [0.717, 1.165) is 0 Å². The Balaban J connectivity index is 3.41. The second-order valence-electron chi connectivity index (χ2n) is 3.45. The summed E-state index contributed by atoms with van der Waals surface area (Å²) < 4.78 is 15.1. The van der Waals surface area contributed by atoms with Crippen molar-refractivity contribution in [1.29, 1.82) is 0 Å². The largest absolute Gasteiger partial charge is 0.499 e. The molecule has 0 saturated carbocycles. The maximum absolute atomic E-state index is 9.39. The first-order valence-corrected chi connectivity index (χ1v) is 5.60. The van der Waals surface area contributed by atoms with Crippen LogP contribution in [0.3, 0.4) is 0 Å². The van der Waals surface area contributed by atoms with Gasteiger partial charge in [-0.25, -0.2) is 0 Å². The van der Waals surface area contributed by atoms with Gasteiger partial charge in [0.1, 0.15) is 25.4 Å². The summed E-state index contributed by atoms with van der Waals surface area (Å²) in [5.74, 6) is 0. The van der Waals surface area contributed by atoms with Crippen LogP contribution in [0.4, 0.5) is 0 Å². The Morgan fingerprint density at radius 1 is 0.824 bits per heavy atom. The number of allylic oxidation sites excluding steroid dienone is 2. The highest BCUT2D eigenvalue weighted by Crippen LogP contribution is 1.93. The Hall–Kier alpha value is -1.04. The van der Waals surface area contributed by atoms with Gasteiger partial charge in [-0.05, 0) is 13.8 Å². The van der Waals surface area contributed by atoms with Crippen LogP contribution in [0.1, 0.15) is 13.8 Å². The summed E-state index contributed by atoms with van der Waals surface area (Å²) in [5.41, 5.74) is 0. The summed E-state index contributed by atoms with van der Waals surface area (Å²) in [6, 6.07) is 0. The molecule has 0 radical (unpaired) electrons. The van der Waals surface area contributed by atoms with Crippen molar-refractivity contribution >= 4 is 0 Å². The van der Waals surface area contributed by atoms with Crippen molar-refractivity contribution in [1.82, 2.24) is 0 Å². The lowest BCUT2D eigenvalue weighted by Gasteiger charge is -2.13. The van der Waals surface area contributed by atoms with E-state index in [-0.39, 0.29) is 26.4 Å². The molecule has 0 saturated heterocycles. The molecule has 5 heteroatoms. The van der Waals surface area contributed by atoms with Gasteiger partial charge in [0.05, 0.1) is 25.7 Å². The molecule has 0 aliphatic heterocycles. The molecule has 0 rings (SSSR count). The first kappa shape index (κ1) is 16.0. The average Bonchev–Trinajstić information content (AvgIpc) is 2.30. The molecule has 0 aliphatic carbocycles. The molecule has 0 fully saturated rings. The smallest absolute Gasteiger partial charge is 0.115 e. The van der Waals surface area contributed by atoms with Gasteiger partial charge in [0.2, 0.25) is 0 Å². The number of ether oxygens (including phenoxy) is 3. The molecule has 5 nitrogen and oxygen atoms in total. The normalized spacial score (nSPS) is 15.3.